The Kier molecular flexibility index (Phi) is 18.1. The largest absolute Gasteiger partial charge is 4.00 e. The second kappa shape index (κ2) is 21.4. The Morgan fingerprint density at radius 2 is 0.766 bits per heavy atom. The first-order valence-electron chi connectivity index (χ1n) is 16.2. The van der Waals surface area contributed by atoms with Crippen LogP contribution >= 0.6 is 0 Å². The molecule has 0 aromatic heterocycles. The Labute approximate surface area is 301 Å². The topological polar surface area (TPSA) is 81.1 Å². The fourth-order valence-electron chi connectivity index (χ4n) is 4.19. The summed E-state index contributed by atoms with van der Waals surface area (Å²) in [5, 5.41) is 9.12. The number of hydrogen-bond donors (Lipinski definition) is 0. The smallest absolute Gasteiger partial charge is 0.684 e. The van der Waals surface area contributed by atoms with Crippen LogP contribution in [0.5, 0.6) is 0 Å². The third-order valence-electron chi connectivity index (χ3n) is 6.20. The van der Waals surface area contributed by atoms with Gasteiger partial charge in [0.2, 0.25) is 0 Å². The fourth-order valence-corrected chi connectivity index (χ4v) is 5.86. The van der Waals surface area contributed by atoms with Crippen molar-refractivity contribution in [3.8, 4) is 0 Å². The second-order valence-electron chi connectivity index (χ2n) is 12.8. The van der Waals surface area contributed by atoms with Crippen LogP contribution in [0.3, 0.4) is 0 Å². The van der Waals surface area contributed by atoms with Gasteiger partial charge in [0, 0.05) is 16.5 Å². The molecule has 4 aromatic carbocycles. The molecule has 4 rings (SSSR count). The number of nitrogens with zero attached hydrogens (tertiary/aromatic N) is 6. The first-order valence-corrected chi connectivity index (χ1v) is 23.1. The number of aliphatic imine (C=N–C) groups is 2. The van der Waals surface area contributed by atoms with Crippen LogP contribution in [0.1, 0.15) is 24.0 Å². The quantitative estimate of drug-likeness (QED) is 0.0545. The molecule has 0 atom stereocenters. The minimum Gasteiger partial charge on any atom is -0.684 e. The third-order valence-corrected chi connectivity index (χ3v) is 7.97. The van der Waals surface area contributed by atoms with Gasteiger partial charge in [0.25, 0.3) is 0 Å². The molecular weight excluding hydrogens is 644 g/mol. The van der Waals surface area contributed by atoms with Crippen molar-refractivity contribution in [2.75, 3.05) is 26.2 Å². The van der Waals surface area contributed by atoms with E-state index < -0.39 is 16.5 Å². The monoisotopic (exact) mass is 694 g/mol. The van der Waals surface area contributed by atoms with Gasteiger partial charge in [0.1, 0.15) is 0 Å². The van der Waals surface area contributed by atoms with Gasteiger partial charge in [0.15, 0.2) is 0 Å². The molecule has 0 radical (unpaired) electrons. The molecule has 4 aromatic rings. The first-order chi connectivity index (χ1) is 22.1. The van der Waals surface area contributed by atoms with Crippen molar-refractivity contribution in [2.24, 2.45) is 9.98 Å². The predicted molar refractivity (Wildman–Crippen MR) is 207 cm³/mol. The zero-order valence-corrected chi connectivity index (χ0v) is 32.5. The Morgan fingerprint density at radius 1 is 0.468 bits per heavy atom. The molecule has 0 heterocycles. The van der Waals surface area contributed by atoms with Crippen molar-refractivity contribution in [3.63, 3.8) is 0 Å². The maximum absolute atomic E-state index is 4.89. The van der Waals surface area contributed by atoms with E-state index in [1.165, 1.54) is 0 Å². The molecule has 0 spiro atoms. The molecule has 0 amide bonds. The van der Waals surface area contributed by atoms with Crippen LogP contribution in [-0.4, -0.2) is 54.3 Å². The van der Waals surface area contributed by atoms with Crippen LogP contribution in [0.4, 0.5) is 11.4 Å². The standard InChI is InChI=1S/2C19H25N3Si.Ti/c2*1-23(2,3)22-19(17-11-6-4-7-12-17)21-16-10-15-20-18-13-8-5-9-14-18;/h2*4-9,11-14H,10,15-16H2,1-3H3;/q2*-2;+4. The van der Waals surface area contributed by atoms with E-state index in [4.69, 9.17) is 19.9 Å². The van der Waals surface area contributed by atoms with Crippen LogP contribution in [0.2, 0.25) is 39.3 Å². The Morgan fingerprint density at radius 3 is 1.06 bits per heavy atom. The number of hydrogen-bond acceptors (Lipinski definition) is 2. The van der Waals surface area contributed by atoms with Crippen LogP contribution in [0.15, 0.2) is 131 Å². The molecule has 6 nitrogen and oxygen atoms in total. The molecular formula is C38H50N6Si2Ti. The van der Waals surface area contributed by atoms with E-state index in [2.05, 4.69) is 74.2 Å². The van der Waals surface area contributed by atoms with Crippen LogP contribution < -0.4 is 0 Å². The molecule has 0 saturated heterocycles. The van der Waals surface area contributed by atoms with Gasteiger partial charge in [-0.1, -0.05) is 198 Å². The summed E-state index contributed by atoms with van der Waals surface area (Å²) in [6.07, 6.45) is 1.87. The maximum atomic E-state index is 4.89. The van der Waals surface area contributed by atoms with Gasteiger partial charge < -0.3 is 30.6 Å². The molecule has 0 fully saturated rings. The minimum atomic E-state index is -1.55. The van der Waals surface area contributed by atoms with E-state index in [-0.39, 0.29) is 21.7 Å². The summed E-state index contributed by atoms with van der Waals surface area (Å²) in [4.78, 5) is 19.3. The molecule has 0 bridgehead atoms. The summed E-state index contributed by atoms with van der Waals surface area (Å²) in [6, 6.07) is 40.7. The van der Waals surface area contributed by atoms with E-state index in [9.17, 15) is 0 Å². The second-order valence-corrected chi connectivity index (χ2v) is 22.0. The first kappa shape index (κ1) is 39.7. The number of para-hydroxylation sites is 2. The van der Waals surface area contributed by atoms with Gasteiger partial charge in [-0.15, -0.1) is 24.5 Å². The van der Waals surface area contributed by atoms with Crippen molar-refractivity contribution in [3.05, 3.63) is 153 Å². The minimum absolute atomic E-state index is 0. The normalized spacial score (nSPS) is 11.8. The van der Waals surface area contributed by atoms with E-state index in [1.807, 2.05) is 97.1 Å². The SMILES string of the molecule is C[Si](C)(C)[N-]C(=NCCC[N-]c1ccccc1)c1ccccc1.C[Si](C)(C)[N-]C(=NCCC[N-]c1ccccc1)c1ccccc1.[Ti+4]. The number of rotatable bonds is 14. The van der Waals surface area contributed by atoms with E-state index in [0.29, 0.717) is 0 Å². The molecule has 0 aliphatic rings. The maximum Gasteiger partial charge on any atom is 4.00 e. The summed E-state index contributed by atoms with van der Waals surface area (Å²) >= 11 is 0. The van der Waals surface area contributed by atoms with Gasteiger partial charge in [0.05, 0.1) is 0 Å². The predicted octanol–water partition coefficient (Wildman–Crippen LogP) is 11.5. The summed E-state index contributed by atoms with van der Waals surface area (Å²) in [5.41, 5.74) is 4.28. The van der Waals surface area contributed by atoms with Crippen LogP contribution in [0, 0.1) is 0 Å². The van der Waals surface area contributed by atoms with Gasteiger partial charge in [-0.2, -0.15) is 0 Å². The Hall–Kier alpha value is -3.43. The van der Waals surface area contributed by atoms with Crippen molar-refractivity contribution in [1.29, 1.82) is 0 Å². The van der Waals surface area contributed by atoms with Crippen molar-refractivity contribution >= 4 is 39.5 Å². The molecule has 0 saturated carbocycles. The average Bonchev–Trinajstić information content (AvgIpc) is 3.04. The average molecular weight is 695 g/mol. The zero-order chi connectivity index (χ0) is 33.1. The van der Waals surface area contributed by atoms with Crippen molar-refractivity contribution in [2.45, 2.75) is 52.1 Å². The fraction of sp³-hybridized carbons (Fsp3) is 0.316. The van der Waals surface area contributed by atoms with Crippen molar-refractivity contribution < 1.29 is 21.7 Å². The van der Waals surface area contributed by atoms with Gasteiger partial charge >= 0.3 is 21.7 Å². The molecule has 0 aliphatic carbocycles. The Balaban J connectivity index is 0.000000320. The van der Waals surface area contributed by atoms with E-state index in [1.54, 1.807) is 0 Å². The summed E-state index contributed by atoms with van der Waals surface area (Å²) < 4.78 is 0. The molecule has 0 unspecified atom stereocenters. The van der Waals surface area contributed by atoms with Crippen LogP contribution in [-0.2, 0) is 21.7 Å². The summed E-state index contributed by atoms with van der Waals surface area (Å²) in [6.45, 7) is 16.5. The Bertz CT molecular complexity index is 1330. The van der Waals surface area contributed by atoms with Crippen molar-refractivity contribution in [1.82, 2.24) is 0 Å². The molecule has 244 valence electrons. The van der Waals surface area contributed by atoms with Crippen LogP contribution in [0.25, 0.3) is 20.6 Å². The van der Waals surface area contributed by atoms with Gasteiger partial charge in [-0.3, -0.25) is 0 Å². The molecule has 0 N–H and O–H groups in total. The molecule has 47 heavy (non-hydrogen) atoms. The van der Waals surface area contributed by atoms with E-state index >= 15 is 0 Å². The third kappa shape index (κ3) is 17.9. The molecule has 9 heteroatoms. The van der Waals surface area contributed by atoms with Gasteiger partial charge in [-0.05, 0) is 11.1 Å². The zero-order valence-electron chi connectivity index (χ0n) is 29.0. The summed E-state index contributed by atoms with van der Waals surface area (Å²) in [5.74, 6) is 1.79. The molecule has 0 aliphatic heterocycles. The number of amidine groups is 2. The summed E-state index contributed by atoms with van der Waals surface area (Å²) in [7, 11) is -3.11. The van der Waals surface area contributed by atoms with Gasteiger partial charge in [-0.25, -0.2) is 0 Å². The number of benzene rings is 4. The van der Waals surface area contributed by atoms with E-state index in [0.717, 1.165) is 73.2 Å².